The molecule has 1 heterocycles. The highest BCUT2D eigenvalue weighted by atomic mass is 19.3. The fourth-order valence-electron chi connectivity index (χ4n) is 4.18. The summed E-state index contributed by atoms with van der Waals surface area (Å²) in [5.74, 6) is -1.29. The summed E-state index contributed by atoms with van der Waals surface area (Å²) in [6.45, 7) is 0.351. The van der Waals surface area contributed by atoms with E-state index in [0.29, 0.717) is 48.5 Å². The molecule has 1 fully saturated rings. The van der Waals surface area contributed by atoms with Crippen LogP contribution in [0.3, 0.4) is 0 Å². The maximum absolute atomic E-state index is 15.1. The number of hydrogen-bond acceptors (Lipinski definition) is 3. The Hall–Kier alpha value is -2.64. The molecule has 4 rings (SSSR count). The van der Waals surface area contributed by atoms with Crippen LogP contribution in [0, 0.1) is 17.6 Å². The summed E-state index contributed by atoms with van der Waals surface area (Å²) < 4.78 is 69.4. The van der Waals surface area contributed by atoms with Crippen LogP contribution < -0.4 is 4.74 Å². The van der Waals surface area contributed by atoms with Crippen LogP contribution in [0.1, 0.15) is 42.7 Å². The molecular formula is C26H26F4O3. The van der Waals surface area contributed by atoms with E-state index < -0.39 is 24.5 Å². The highest BCUT2D eigenvalue weighted by Gasteiger charge is 2.23. The molecule has 1 aliphatic heterocycles. The van der Waals surface area contributed by atoms with Gasteiger partial charge in [-0.2, -0.15) is 8.78 Å². The van der Waals surface area contributed by atoms with Crippen molar-refractivity contribution in [3.05, 3.63) is 76.9 Å². The Balaban J connectivity index is 1.44. The number of aryl methyl sites for hydroxylation is 2. The summed E-state index contributed by atoms with van der Waals surface area (Å²) in [6, 6.07) is 12.8. The van der Waals surface area contributed by atoms with Gasteiger partial charge in [-0.1, -0.05) is 43.7 Å². The zero-order valence-electron chi connectivity index (χ0n) is 18.3. The minimum atomic E-state index is -3.09. The Labute approximate surface area is 190 Å². The summed E-state index contributed by atoms with van der Waals surface area (Å²) in [7, 11) is 0. The Morgan fingerprint density at radius 2 is 1.76 bits per heavy atom. The standard InChI is InChI=1S/C26H26F4O3/c1-2-3-17-14-31-25(32-15-17)20-9-10-21-19(13-20)8-7-18(24(21)28)6-4-16-5-11-23(22(27)12-16)33-26(29)30/h5,7-13,17,25-26H,2-4,6,14-15H2,1H3. The number of hydrogen-bond donors (Lipinski definition) is 0. The first kappa shape index (κ1) is 23.5. The molecular weight excluding hydrogens is 436 g/mol. The van der Waals surface area contributed by atoms with E-state index in [4.69, 9.17) is 9.47 Å². The highest BCUT2D eigenvalue weighted by molar-refractivity contribution is 5.84. The molecule has 176 valence electrons. The number of alkyl halides is 2. The van der Waals surface area contributed by atoms with Crippen LogP contribution in [0.4, 0.5) is 17.6 Å². The lowest BCUT2D eigenvalue weighted by Gasteiger charge is -2.29. The first-order valence-corrected chi connectivity index (χ1v) is 11.1. The van der Waals surface area contributed by atoms with E-state index in [9.17, 15) is 13.2 Å². The zero-order valence-corrected chi connectivity index (χ0v) is 18.3. The molecule has 0 amide bonds. The summed E-state index contributed by atoms with van der Waals surface area (Å²) >= 11 is 0. The second kappa shape index (κ2) is 10.5. The summed E-state index contributed by atoms with van der Waals surface area (Å²) in [5.41, 5.74) is 1.92. The highest BCUT2D eigenvalue weighted by Crippen LogP contribution is 2.31. The average Bonchev–Trinajstić information content (AvgIpc) is 2.80. The van der Waals surface area contributed by atoms with E-state index in [1.54, 1.807) is 12.1 Å². The van der Waals surface area contributed by atoms with Crippen molar-refractivity contribution in [2.45, 2.75) is 45.5 Å². The van der Waals surface area contributed by atoms with Crippen molar-refractivity contribution in [2.75, 3.05) is 13.2 Å². The Bertz CT molecular complexity index is 1090. The van der Waals surface area contributed by atoms with E-state index in [0.717, 1.165) is 35.9 Å². The van der Waals surface area contributed by atoms with Crippen molar-refractivity contribution >= 4 is 10.8 Å². The average molecular weight is 462 g/mol. The van der Waals surface area contributed by atoms with E-state index >= 15 is 4.39 Å². The van der Waals surface area contributed by atoms with Crippen LogP contribution in [0.5, 0.6) is 5.75 Å². The summed E-state index contributed by atoms with van der Waals surface area (Å²) in [6.07, 6.45) is 2.41. The predicted octanol–water partition coefficient (Wildman–Crippen LogP) is 6.97. The van der Waals surface area contributed by atoms with Gasteiger partial charge in [-0.05, 0) is 54.0 Å². The fraction of sp³-hybridized carbons (Fsp3) is 0.385. The van der Waals surface area contributed by atoms with Gasteiger partial charge in [0.05, 0.1) is 13.2 Å². The van der Waals surface area contributed by atoms with Crippen molar-refractivity contribution in [3.8, 4) is 5.75 Å². The molecule has 0 radical (unpaired) electrons. The van der Waals surface area contributed by atoms with Crippen LogP contribution in [0.15, 0.2) is 48.5 Å². The fourth-order valence-corrected chi connectivity index (χ4v) is 4.18. The van der Waals surface area contributed by atoms with Gasteiger partial charge < -0.3 is 14.2 Å². The molecule has 0 aromatic heterocycles. The van der Waals surface area contributed by atoms with E-state index in [1.807, 2.05) is 18.2 Å². The Kier molecular flexibility index (Phi) is 7.50. The third-order valence-corrected chi connectivity index (χ3v) is 5.89. The molecule has 0 atom stereocenters. The molecule has 33 heavy (non-hydrogen) atoms. The molecule has 0 unspecified atom stereocenters. The normalized spacial score (nSPS) is 18.7. The summed E-state index contributed by atoms with van der Waals surface area (Å²) in [4.78, 5) is 0. The number of benzene rings is 3. The van der Waals surface area contributed by atoms with Crippen molar-refractivity contribution in [1.82, 2.24) is 0 Å². The van der Waals surface area contributed by atoms with Gasteiger partial charge >= 0.3 is 6.61 Å². The zero-order chi connectivity index (χ0) is 23.4. The molecule has 0 bridgehead atoms. The van der Waals surface area contributed by atoms with E-state index in [2.05, 4.69) is 11.7 Å². The van der Waals surface area contributed by atoms with Crippen LogP contribution in [0.2, 0.25) is 0 Å². The van der Waals surface area contributed by atoms with Crippen LogP contribution in [0.25, 0.3) is 10.8 Å². The number of rotatable bonds is 8. The minimum Gasteiger partial charge on any atom is -0.432 e. The SMILES string of the molecule is CCCC1COC(c2ccc3c(F)c(CCc4ccc(OC(F)F)c(F)c4)ccc3c2)OC1. The smallest absolute Gasteiger partial charge is 0.387 e. The van der Waals surface area contributed by atoms with Crippen molar-refractivity contribution < 1.29 is 31.8 Å². The molecule has 1 saturated heterocycles. The first-order chi connectivity index (χ1) is 15.9. The third-order valence-electron chi connectivity index (χ3n) is 5.89. The lowest BCUT2D eigenvalue weighted by molar-refractivity contribution is -0.206. The van der Waals surface area contributed by atoms with Gasteiger partial charge in [0.2, 0.25) is 0 Å². The summed E-state index contributed by atoms with van der Waals surface area (Å²) in [5, 5.41) is 1.24. The van der Waals surface area contributed by atoms with Gasteiger partial charge in [-0.15, -0.1) is 0 Å². The lowest BCUT2D eigenvalue weighted by atomic mass is 9.98. The molecule has 3 aromatic rings. The third kappa shape index (κ3) is 5.65. The molecule has 0 N–H and O–H groups in total. The Morgan fingerprint density at radius 3 is 2.45 bits per heavy atom. The monoisotopic (exact) mass is 462 g/mol. The lowest BCUT2D eigenvalue weighted by Crippen LogP contribution is -2.26. The first-order valence-electron chi connectivity index (χ1n) is 11.1. The predicted molar refractivity (Wildman–Crippen MR) is 117 cm³/mol. The largest absolute Gasteiger partial charge is 0.432 e. The number of ether oxygens (including phenoxy) is 3. The maximum Gasteiger partial charge on any atom is 0.387 e. The quantitative estimate of drug-likeness (QED) is 0.339. The van der Waals surface area contributed by atoms with Gasteiger partial charge in [-0.25, -0.2) is 8.78 Å². The number of fused-ring (bicyclic) bond motifs is 1. The molecule has 0 spiro atoms. The molecule has 7 heteroatoms. The molecule has 3 aromatic carbocycles. The van der Waals surface area contributed by atoms with Crippen LogP contribution in [-0.2, 0) is 22.3 Å². The molecule has 3 nitrogen and oxygen atoms in total. The van der Waals surface area contributed by atoms with Crippen molar-refractivity contribution in [2.24, 2.45) is 5.92 Å². The topological polar surface area (TPSA) is 27.7 Å². The minimum absolute atomic E-state index is 0.328. The van der Waals surface area contributed by atoms with Gasteiger partial charge in [0.15, 0.2) is 17.9 Å². The molecule has 0 aliphatic carbocycles. The van der Waals surface area contributed by atoms with Crippen molar-refractivity contribution in [3.63, 3.8) is 0 Å². The second-order valence-corrected chi connectivity index (χ2v) is 8.32. The van der Waals surface area contributed by atoms with Crippen LogP contribution >= 0.6 is 0 Å². The van der Waals surface area contributed by atoms with Gasteiger partial charge in [0.25, 0.3) is 0 Å². The Morgan fingerprint density at radius 1 is 0.970 bits per heavy atom. The van der Waals surface area contributed by atoms with Crippen molar-refractivity contribution in [1.29, 1.82) is 0 Å². The molecule has 1 aliphatic rings. The van der Waals surface area contributed by atoms with E-state index in [-0.39, 0.29) is 5.82 Å². The van der Waals surface area contributed by atoms with Gasteiger partial charge in [0.1, 0.15) is 5.82 Å². The van der Waals surface area contributed by atoms with Gasteiger partial charge in [-0.3, -0.25) is 0 Å². The van der Waals surface area contributed by atoms with Crippen LogP contribution in [-0.4, -0.2) is 19.8 Å². The van der Waals surface area contributed by atoms with Gasteiger partial charge in [0, 0.05) is 16.9 Å². The number of halogens is 4. The van der Waals surface area contributed by atoms with E-state index in [1.165, 1.54) is 6.07 Å². The second-order valence-electron chi connectivity index (χ2n) is 8.32. The maximum atomic E-state index is 15.1. The molecule has 0 saturated carbocycles.